The van der Waals surface area contributed by atoms with E-state index in [4.69, 9.17) is 13.8 Å². The second-order valence-electron chi connectivity index (χ2n) is 9.85. The third kappa shape index (κ3) is 23.0. The molecule has 0 spiro atoms. The molecule has 0 saturated heterocycles. The first kappa shape index (κ1) is 31.0. The number of nitrogens with zero attached hydrogens (tertiary/aromatic N) is 1. The van der Waals surface area contributed by atoms with E-state index in [-0.39, 0.29) is 19.3 Å². The predicted octanol–water partition coefficient (Wildman–Crippen LogP) is 6.71. The Morgan fingerprint density at radius 2 is 1.23 bits per heavy atom. The van der Waals surface area contributed by atoms with Crippen LogP contribution in [0.25, 0.3) is 0 Å². The van der Waals surface area contributed by atoms with Gasteiger partial charge in [0.1, 0.15) is 13.2 Å². The Balaban J connectivity index is 3.59. The van der Waals surface area contributed by atoms with E-state index in [1.807, 2.05) is 21.1 Å². The maximum Gasteiger partial charge on any atom is 0.472 e. The van der Waals surface area contributed by atoms with E-state index >= 15 is 0 Å². The van der Waals surface area contributed by atoms with Crippen molar-refractivity contribution in [2.75, 3.05) is 48.0 Å². The summed E-state index contributed by atoms with van der Waals surface area (Å²) in [4.78, 5) is 9.80. The first-order valence-corrected chi connectivity index (χ1v) is 14.1. The zero-order valence-electron chi connectivity index (χ0n) is 21.3. The molecule has 1 unspecified atom stereocenters. The fraction of sp³-hybridized carbons (Fsp3) is 1.00. The van der Waals surface area contributed by atoms with E-state index < -0.39 is 7.82 Å². The van der Waals surface area contributed by atoms with E-state index in [1.54, 1.807) is 7.11 Å². The number of phosphoric ester groups is 1. The molecule has 6 nitrogen and oxygen atoms in total. The Kier molecular flexibility index (Phi) is 19.5. The third-order valence-corrected chi connectivity index (χ3v) is 6.64. The molecule has 2 atom stereocenters. The Morgan fingerprint density at radius 1 is 0.774 bits per heavy atom. The Hall–Kier alpha value is 0.0300. The molecule has 0 fully saturated rings. The Labute approximate surface area is 193 Å². The molecule has 0 saturated carbocycles. The van der Waals surface area contributed by atoms with E-state index in [9.17, 15) is 9.46 Å². The van der Waals surface area contributed by atoms with Crippen molar-refractivity contribution in [1.82, 2.24) is 0 Å². The molecule has 0 rings (SSSR count). The van der Waals surface area contributed by atoms with E-state index in [0.29, 0.717) is 11.0 Å². The van der Waals surface area contributed by atoms with Crippen LogP contribution in [0.15, 0.2) is 0 Å². The summed E-state index contributed by atoms with van der Waals surface area (Å²) >= 11 is 0. The molecule has 7 heteroatoms. The number of rotatable bonds is 23. The van der Waals surface area contributed by atoms with Crippen molar-refractivity contribution in [3.05, 3.63) is 0 Å². The van der Waals surface area contributed by atoms with Gasteiger partial charge in [0, 0.05) is 7.11 Å². The van der Waals surface area contributed by atoms with Crippen molar-refractivity contribution in [2.24, 2.45) is 0 Å². The summed E-state index contributed by atoms with van der Waals surface area (Å²) < 4.78 is 28.2. The lowest BCUT2D eigenvalue weighted by Crippen LogP contribution is -2.37. The molecule has 0 amide bonds. The van der Waals surface area contributed by atoms with Gasteiger partial charge >= 0.3 is 7.82 Å². The van der Waals surface area contributed by atoms with Crippen molar-refractivity contribution < 1.29 is 27.7 Å². The number of hydrogen-bond acceptors (Lipinski definition) is 4. The third-order valence-electron chi connectivity index (χ3n) is 5.65. The maximum atomic E-state index is 12.0. The highest BCUT2D eigenvalue weighted by atomic mass is 31.2. The molecular formula is C24H53NO5P+. The molecule has 0 radical (unpaired) electrons. The number of phosphoric acid groups is 1. The van der Waals surface area contributed by atoms with Gasteiger partial charge in [-0.3, -0.25) is 9.05 Å². The zero-order valence-corrected chi connectivity index (χ0v) is 22.2. The number of likely N-dealkylation sites (N-methyl/N-ethyl adjacent to an activating group) is 1. The van der Waals surface area contributed by atoms with Crippen molar-refractivity contribution in [3.63, 3.8) is 0 Å². The minimum Gasteiger partial charge on any atom is -0.379 e. The highest BCUT2D eigenvalue weighted by Crippen LogP contribution is 2.43. The summed E-state index contributed by atoms with van der Waals surface area (Å²) in [5.74, 6) is 0. The van der Waals surface area contributed by atoms with Crippen LogP contribution in [0.4, 0.5) is 0 Å². The average Bonchev–Trinajstić information content (AvgIpc) is 2.69. The summed E-state index contributed by atoms with van der Waals surface area (Å²) in [7, 11) is 3.63. The van der Waals surface area contributed by atoms with Gasteiger partial charge in [0.15, 0.2) is 0 Å². The SMILES string of the molecule is CCCCCCCCCCCCCCCC[C@H](COP(=O)(O)OCC[N+](C)(C)C)OC. The summed E-state index contributed by atoms with van der Waals surface area (Å²) in [6.07, 6.45) is 19.3. The molecule has 0 aromatic carbocycles. The van der Waals surface area contributed by atoms with Crippen LogP contribution in [0.1, 0.15) is 103 Å². The van der Waals surface area contributed by atoms with Gasteiger partial charge in [-0.05, 0) is 6.42 Å². The van der Waals surface area contributed by atoms with E-state index in [1.165, 1.54) is 83.5 Å². The van der Waals surface area contributed by atoms with Gasteiger partial charge < -0.3 is 14.1 Å². The molecule has 188 valence electrons. The molecule has 0 aliphatic carbocycles. The molecule has 0 aliphatic rings. The monoisotopic (exact) mass is 466 g/mol. The fourth-order valence-corrected chi connectivity index (χ4v) is 4.22. The van der Waals surface area contributed by atoms with Crippen LogP contribution < -0.4 is 0 Å². The smallest absolute Gasteiger partial charge is 0.379 e. The molecule has 0 aromatic rings. The Morgan fingerprint density at radius 3 is 1.65 bits per heavy atom. The summed E-state index contributed by atoms with van der Waals surface area (Å²) in [5.41, 5.74) is 0. The van der Waals surface area contributed by atoms with Crippen molar-refractivity contribution in [2.45, 2.75) is 109 Å². The van der Waals surface area contributed by atoms with Crippen LogP contribution in [-0.2, 0) is 18.3 Å². The Bertz CT molecular complexity index is 442. The lowest BCUT2D eigenvalue weighted by molar-refractivity contribution is -0.870. The van der Waals surface area contributed by atoms with Crippen molar-refractivity contribution >= 4 is 7.82 Å². The van der Waals surface area contributed by atoms with Crippen molar-refractivity contribution in [1.29, 1.82) is 0 Å². The zero-order chi connectivity index (χ0) is 23.4. The van der Waals surface area contributed by atoms with Gasteiger partial charge in [-0.25, -0.2) is 4.57 Å². The summed E-state index contributed by atoms with van der Waals surface area (Å²) in [6, 6.07) is 0. The van der Waals surface area contributed by atoms with Gasteiger partial charge in [0.05, 0.1) is 33.9 Å². The first-order valence-electron chi connectivity index (χ1n) is 12.7. The second-order valence-corrected chi connectivity index (χ2v) is 11.3. The van der Waals surface area contributed by atoms with Crippen LogP contribution in [0.3, 0.4) is 0 Å². The molecule has 0 heterocycles. The van der Waals surface area contributed by atoms with Crippen LogP contribution in [0, 0.1) is 0 Å². The molecule has 0 bridgehead atoms. The van der Waals surface area contributed by atoms with Gasteiger partial charge in [0.25, 0.3) is 0 Å². The summed E-state index contributed by atoms with van der Waals surface area (Å²) in [5, 5.41) is 0. The average molecular weight is 467 g/mol. The lowest BCUT2D eigenvalue weighted by Gasteiger charge is -2.24. The van der Waals surface area contributed by atoms with Gasteiger partial charge in [-0.1, -0.05) is 96.8 Å². The number of unbranched alkanes of at least 4 members (excludes halogenated alkanes) is 13. The van der Waals surface area contributed by atoms with Crippen molar-refractivity contribution in [3.8, 4) is 0 Å². The quantitative estimate of drug-likeness (QED) is 0.103. The minimum absolute atomic E-state index is 0.0904. The predicted molar refractivity (Wildman–Crippen MR) is 130 cm³/mol. The van der Waals surface area contributed by atoms with Crippen LogP contribution in [0.5, 0.6) is 0 Å². The highest BCUT2D eigenvalue weighted by molar-refractivity contribution is 7.47. The van der Waals surface area contributed by atoms with Gasteiger partial charge in [0.2, 0.25) is 0 Å². The second kappa shape index (κ2) is 19.5. The summed E-state index contributed by atoms with van der Waals surface area (Å²) in [6.45, 7) is 3.19. The fourth-order valence-electron chi connectivity index (χ4n) is 3.48. The van der Waals surface area contributed by atoms with Crippen LogP contribution >= 0.6 is 7.82 Å². The topological polar surface area (TPSA) is 65.0 Å². The number of quaternary nitrogens is 1. The molecule has 31 heavy (non-hydrogen) atoms. The largest absolute Gasteiger partial charge is 0.472 e. The lowest BCUT2D eigenvalue weighted by atomic mass is 10.0. The van der Waals surface area contributed by atoms with E-state index in [2.05, 4.69) is 6.92 Å². The van der Waals surface area contributed by atoms with E-state index in [0.717, 1.165) is 12.8 Å². The molecule has 0 aromatic heterocycles. The van der Waals surface area contributed by atoms with Gasteiger partial charge in [-0.15, -0.1) is 0 Å². The number of hydrogen-bond donors (Lipinski definition) is 1. The molecule has 1 N–H and O–H groups in total. The number of methoxy groups -OCH3 is 1. The standard InChI is InChI=1S/C24H52NO5P/c1-6-7-8-9-10-11-12-13-14-15-16-17-18-19-20-24(28-5)23-30-31(26,27)29-22-21-25(2,3)4/h24H,6-23H2,1-5H3/p+1/t24-/m1/s1. The van der Waals surface area contributed by atoms with Crippen LogP contribution in [-0.4, -0.2) is 63.5 Å². The molecular weight excluding hydrogens is 413 g/mol. The highest BCUT2D eigenvalue weighted by Gasteiger charge is 2.24. The minimum atomic E-state index is -4.01. The number of ether oxygens (including phenoxy) is 1. The normalized spacial score (nSPS) is 15.2. The molecule has 0 aliphatic heterocycles. The van der Waals surface area contributed by atoms with Gasteiger partial charge in [-0.2, -0.15) is 0 Å². The maximum absolute atomic E-state index is 12.0. The van der Waals surface area contributed by atoms with Crippen LogP contribution in [0.2, 0.25) is 0 Å². The first-order chi connectivity index (χ1) is 14.7.